The summed E-state index contributed by atoms with van der Waals surface area (Å²) in [5.74, 6) is 0.125. The van der Waals surface area contributed by atoms with E-state index in [2.05, 4.69) is 20.3 Å². The summed E-state index contributed by atoms with van der Waals surface area (Å²) >= 11 is 5.97. The Hall–Kier alpha value is -2.79. The molecule has 0 saturated heterocycles. The maximum atomic E-state index is 12.2. The molecule has 0 fully saturated rings. The molecule has 1 amide bonds. The number of carbonyl (C=O) groups excluding carboxylic acids is 1. The molecule has 22 heavy (non-hydrogen) atoms. The number of hydrogen-bond acceptors (Lipinski definition) is 4. The van der Waals surface area contributed by atoms with E-state index >= 15 is 0 Å². The molecule has 1 aromatic carbocycles. The Bertz CT molecular complexity index is 808. The summed E-state index contributed by atoms with van der Waals surface area (Å²) in [6.45, 7) is 0. The number of nitrogens with one attached hydrogen (secondary N) is 1. The molecule has 5 nitrogen and oxygen atoms in total. The Morgan fingerprint density at radius 3 is 2.68 bits per heavy atom. The average molecular weight is 311 g/mol. The van der Waals surface area contributed by atoms with E-state index in [9.17, 15) is 4.79 Å². The fraction of sp³-hybridized carbons (Fsp3) is 0. The van der Waals surface area contributed by atoms with Crippen molar-refractivity contribution in [3.8, 4) is 11.3 Å². The summed E-state index contributed by atoms with van der Waals surface area (Å²) in [5.41, 5.74) is 1.71. The highest BCUT2D eigenvalue weighted by atomic mass is 35.5. The molecular formula is C16H11ClN4O. The van der Waals surface area contributed by atoms with Crippen LogP contribution in [-0.4, -0.2) is 20.9 Å². The fourth-order valence-corrected chi connectivity index (χ4v) is 2.09. The smallest absolute Gasteiger partial charge is 0.275 e. The van der Waals surface area contributed by atoms with Gasteiger partial charge in [-0.2, -0.15) is 0 Å². The van der Waals surface area contributed by atoms with Gasteiger partial charge in [0.25, 0.3) is 5.91 Å². The Morgan fingerprint density at radius 2 is 1.91 bits per heavy atom. The van der Waals surface area contributed by atoms with Gasteiger partial charge >= 0.3 is 0 Å². The first-order chi connectivity index (χ1) is 10.7. The molecule has 1 N–H and O–H groups in total. The highest BCUT2D eigenvalue weighted by Gasteiger charge is 2.10. The van der Waals surface area contributed by atoms with Crippen LogP contribution in [0, 0.1) is 0 Å². The van der Waals surface area contributed by atoms with Gasteiger partial charge in [-0.25, -0.2) is 15.0 Å². The van der Waals surface area contributed by atoms with Gasteiger partial charge in [-0.1, -0.05) is 29.8 Å². The second-order valence-corrected chi connectivity index (χ2v) is 4.90. The lowest BCUT2D eigenvalue weighted by Crippen LogP contribution is -2.14. The fourth-order valence-electron chi connectivity index (χ4n) is 1.90. The van der Waals surface area contributed by atoms with E-state index < -0.39 is 0 Å². The molecule has 0 unspecified atom stereocenters. The van der Waals surface area contributed by atoms with Crippen molar-refractivity contribution in [3.63, 3.8) is 0 Å². The average Bonchev–Trinajstić information content (AvgIpc) is 2.56. The lowest BCUT2D eigenvalue weighted by molar-refractivity contribution is 0.102. The van der Waals surface area contributed by atoms with Crippen molar-refractivity contribution in [2.75, 3.05) is 5.32 Å². The summed E-state index contributed by atoms with van der Waals surface area (Å²) in [7, 11) is 0. The van der Waals surface area contributed by atoms with E-state index in [1.54, 1.807) is 42.6 Å². The van der Waals surface area contributed by atoms with Crippen LogP contribution >= 0.6 is 11.6 Å². The number of rotatable bonds is 3. The molecule has 0 aliphatic carbocycles. The van der Waals surface area contributed by atoms with Gasteiger partial charge in [-0.05, 0) is 30.3 Å². The lowest BCUT2D eigenvalue weighted by atomic mass is 10.1. The molecule has 108 valence electrons. The molecule has 0 radical (unpaired) electrons. The van der Waals surface area contributed by atoms with Gasteiger partial charge < -0.3 is 5.32 Å². The number of hydrogen-bond donors (Lipinski definition) is 1. The number of aromatic nitrogens is 3. The van der Waals surface area contributed by atoms with Gasteiger partial charge in [0, 0.05) is 16.8 Å². The van der Waals surface area contributed by atoms with Crippen LogP contribution in [-0.2, 0) is 0 Å². The topological polar surface area (TPSA) is 67.8 Å². The molecular weight excluding hydrogens is 300 g/mol. The van der Waals surface area contributed by atoms with Crippen molar-refractivity contribution < 1.29 is 4.79 Å². The molecule has 6 heteroatoms. The number of amides is 1. The van der Waals surface area contributed by atoms with E-state index in [1.807, 2.05) is 12.1 Å². The van der Waals surface area contributed by atoms with Gasteiger partial charge in [0.1, 0.15) is 17.8 Å². The number of halogens is 1. The molecule has 0 bridgehead atoms. The van der Waals surface area contributed by atoms with Crippen LogP contribution in [0.4, 0.5) is 5.82 Å². The van der Waals surface area contributed by atoms with E-state index in [4.69, 9.17) is 11.6 Å². The first kappa shape index (κ1) is 14.2. The molecule has 0 saturated carbocycles. The van der Waals surface area contributed by atoms with Crippen LogP contribution in [0.15, 0.2) is 61.1 Å². The minimum atomic E-state index is -0.343. The van der Waals surface area contributed by atoms with E-state index in [1.165, 1.54) is 6.33 Å². The molecule has 0 aliphatic rings. The maximum absolute atomic E-state index is 12.2. The van der Waals surface area contributed by atoms with Crippen LogP contribution in [0.5, 0.6) is 0 Å². The third-order valence-electron chi connectivity index (χ3n) is 2.93. The summed E-state index contributed by atoms with van der Waals surface area (Å²) in [5, 5.41) is 3.29. The Balaban J connectivity index is 1.86. The largest absolute Gasteiger partial charge is 0.305 e. The van der Waals surface area contributed by atoms with Crippen molar-refractivity contribution in [3.05, 3.63) is 71.8 Å². The highest BCUT2D eigenvalue weighted by molar-refractivity contribution is 6.30. The van der Waals surface area contributed by atoms with E-state index in [0.717, 1.165) is 5.56 Å². The van der Waals surface area contributed by atoms with Gasteiger partial charge in [0.05, 0.1) is 5.69 Å². The third-order valence-corrected chi connectivity index (χ3v) is 3.16. The summed E-state index contributed by atoms with van der Waals surface area (Å²) in [4.78, 5) is 24.4. The number of pyridine rings is 1. The van der Waals surface area contributed by atoms with E-state index in [0.29, 0.717) is 16.5 Å². The van der Waals surface area contributed by atoms with E-state index in [-0.39, 0.29) is 11.6 Å². The van der Waals surface area contributed by atoms with Crippen LogP contribution in [0.3, 0.4) is 0 Å². The summed E-state index contributed by atoms with van der Waals surface area (Å²) in [6, 6.07) is 14.1. The number of benzene rings is 1. The predicted octanol–water partition coefficient (Wildman–Crippen LogP) is 3.44. The monoisotopic (exact) mass is 310 g/mol. The maximum Gasteiger partial charge on any atom is 0.275 e. The first-order valence-electron chi connectivity index (χ1n) is 6.53. The van der Waals surface area contributed by atoms with Crippen molar-refractivity contribution in [2.24, 2.45) is 0 Å². The normalized spacial score (nSPS) is 10.2. The van der Waals surface area contributed by atoms with Crippen molar-refractivity contribution in [1.82, 2.24) is 15.0 Å². The number of carbonyl (C=O) groups is 1. The number of anilines is 1. The van der Waals surface area contributed by atoms with Crippen LogP contribution in [0.1, 0.15) is 10.5 Å². The quantitative estimate of drug-likeness (QED) is 0.804. The first-order valence-corrected chi connectivity index (χ1v) is 6.90. The molecule has 2 heterocycles. The van der Waals surface area contributed by atoms with Gasteiger partial charge in [-0.15, -0.1) is 0 Å². The minimum absolute atomic E-state index is 0.260. The van der Waals surface area contributed by atoms with Gasteiger partial charge in [0.15, 0.2) is 0 Å². The summed E-state index contributed by atoms with van der Waals surface area (Å²) < 4.78 is 0. The van der Waals surface area contributed by atoms with Gasteiger partial charge in [0.2, 0.25) is 0 Å². The van der Waals surface area contributed by atoms with Gasteiger partial charge in [-0.3, -0.25) is 4.79 Å². The Morgan fingerprint density at radius 1 is 1.00 bits per heavy atom. The molecule has 0 spiro atoms. The number of nitrogens with zero attached hydrogens (tertiary/aromatic N) is 3. The van der Waals surface area contributed by atoms with Crippen molar-refractivity contribution >= 4 is 23.3 Å². The Kier molecular flexibility index (Phi) is 4.07. The predicted molar refractivity (Wildman–Crippen MR) is 84.7 cm³/mol. The second-order valence-electron chi connectivity index (χ2n) is 4.47. The lowest BCUT2D eigenvalue weighted by Gasteiger charge is -2.05. The molecule has 0 aliphatic heterocycles. The zero-order valence-electron chi connectivity index (χ0n) is 11.4. The van der Waals surface area contributed by atoms with Crippen LogP contribution in [0.25, 0.3) is 11.3 Å². The molecule has 3 rings (SSSR count). The van der Waals surface area contributed by atoms with Crippen molar-refractivity contribution in [2.45, 2.75) is 0 Å². The zero-order valence-corrected chi connectivity index (χ0v) is 12.2. The van der Waals surface area contributed by atoms with Crippen molar-refractivity contribution in [1.29, 1.82) is 0 Å². The standard InChI is InChI=1S/C16H11ClN4O/c17-12-5-3-4-11(8-12)13-9-14(20-10-19-13)16(22)21-15-6-1-2-7-18-15/h1-10H,(H,18,21,22). The molecule has 2 aromatic heterocycles. The second kappa shape index (κ2) is 6.32. The molecule has 3 aromatic rings. The zero-order chi connectivity index (χ0) is 15.4. The minimum Gasteiger partial charge on any atom is -0.305 e. The Labute approximate surface area is 132 Å². The third kappa shape index (κ3) is 3.27. The van der Waals surface area contributed by atoms with Crippen LogP contribution in [0.2, 0.25) is 5.02 Å². The van der Waals surface area contributed by atoms with Crippen LogP contribution < -0.4 is 5.32 Å². The SMILES string of the molecule is O=C(Nc1ccccn1)c1cc(-c2cccc(Cl)c2)ncn1. The highest BCUT2D eigenvalue weighted by Crippen LogP contribution is 2.21. The molecule has 0 atom stereocenters. The summed E-state index contributed by atoms with van der Waals surface area (Å²) in [6.07, 6.45) is 2.95.